The Morgan fingerprint density at radius 1 is 1.33 bits per heavy atom. The second kappa shape index (κ2) is 6.39. The summed E-state index contributed by atoms with van der Waals surface area (Å²) in [5.41, 5.74) is 3.49. The van der Waals surface area contributed by atoms with Crippen molar-refractivity contribution < 1.29 is 4.79 Å². The Balaban J connectivity index is 2.00. The lowest BCUT2D eigenvalue weighted by atomic mass is 9.77. The third kappa shape index (κ3) is 4.14. The highest BCUT2D eigenvalue weighted by molar-refractivity contribution is 5.76. The number of likely N-dealkylation sites (tertiary alicyclic amines) is 1. The molecule has 6 nitrogen and oxygen atoms in total. The lowest BCUT2D eigenvalue weighted by molar-refractivity contribution is -0.131. The summed E-state index contributed by atoms with van der Waals surface area (Å²) in [5.74, 6) is 6.58. The van der Waals surface area contributed by atoms with Gasteiger partial charge in [-0.15, -0.1) is 0 Å². The average Bonchev–Trinajstić information content (AvgIpc) is 2.62. The highest BCUT2D eigenvalue weighted by Gasteiger charge is 2.29. The van der Waals surface area contributed by atoms with Crippen molar-refractivity contribution in [2.45, 2.75) is 46.6 Å². The van der Waals surface area contributed by atoms with Crippen LogP contribution in [0.3, 0.4) is 0 Å². The summed E-state index contributed by atoms with van der Waals surface area (Å²) in [7, 11) is 0. The van der Waals surface area contributed by atoms with E-state index in [1.165, 1.54) is 0 Å². The molecule has 1 atom stereocenters. The Labute approximate surface area is 126 Å². The van der Waals surface area contributed by atoms with Gasteiger partial charge in [0.1, 0.15) is 0 Å². The van der Waals surface area contributed by atoms with E-state index in [-0.39, 0.29) is 11.3 Å². The van der Waals surface area contributed by atoms with Crippen molar-refractivity contribution in [3.8, 4) is 0 Å². The number of rotatable bonds is 3. The molecule has 3 N–H and O–H groups in total. The van der Waals surface area contributed by atoms with Gasteiger partial charge in [-0.3, -0.25) is 9.78 Å². The molecule has 0 radical (unpaired) electrons. The van der Waals surface area contributed by atoms with Crippen LogP contribution in [-0.4, -0.2) is 27.3 Å². The predicted molar refractivity (Wildman–Crippen MR) is 82.1 cm³/mol. The van der Waals surface area contributed by atoms with Gasteiger partial charge in [0.2, 0.25) is 5.91 Å². The SMILES string of the molecule is CC(C)(C)C1CCC(=O)N(Cc2cnc(NN)cn2)CC1. The standard InChI is InChI=1S/C15H25N5O/c1-15(2,3)11-4-5-14(21)20(7-6-11)10-12-8-18-13(19-16)9-17-12/h8-9,11H,4-7,10,16H2,1-3H3,(H,18,19). The van der Waals surface area contributed by atoms with Gasteiger partial charge in [0.15, 0.2) is 5.82 Å². The van der Waals surface area contributed by atoms with Crippen LogP contribution in [0.4, 0.5) is 5.82 Å². The molecule has 1 amide bonds. The minimum Gasteiger partial charge on any atom is -0.337 e. The molecule has 1 aromatic heterocycles. The van der Waals surface area contributed by atoms with Crippen LogP contribution in [-0.2, 0) is 11.3 Å². The van der Waals surface area contributed by atoms with Crippen molar-refractivity contribution >= 4 is 11.7 Å². The molecular weight excluding hydrogens is 266 g/mol. The number of aromatic nitrogens is 2. The van der Waals surface area contributed by atoms with Crippen LogP contribution < -0.4 is 11.3 Å². The molecule has 1 unspecified atom stereocenters. The van der Waals surface area contributed by atoms with Crippen LogP contribution in [0.15, 0.2) is 12.4 Å². The Morgan fingerprint density at radius 3 is 2.67 bits per heavy atom. The van der Waals surface area contributed by atoms with E-state index < -0.39 is 0 Å². The summed E-state index contributed by atoms with van der Waals surface area (Å²) in [4.78, 5) is 22.6. The van der Waals surface area contributed by atoms with E-state index in [0.29, 0.717) is 24.7 Å². The zero-order chi connectivity index (χ0) is 15.5. The molecule has 2 rings (SSSR count). The first-order valence-electron chi connectivity index (χ1n) is 7.45. The van der Waals surface area contributed by atoms with Gasteiger partial charge in [-0.05, 0) is 24.2 Å². The molecule has 0 bridgehead atoms. The molecule has 0 spiro atoms. The van der Waals surface area contributed by atoms with E-state index in [4.69, 9.17) is 5.84 Å². The largest absolute Gasteiger partial charge is 0.337 e. The van der Waals surface area contributed by atoms with Crippen molar-refractivity contribution in [2.24, 2.45) is 17.2 Å². The van der Waals surface area contributed by atoms with Gasteiger partial charge in [0.05, 0.1) is 24.6 Å². The number of hydrogen-bond acceptors (Lipinski definition) is 5. The molecule has 0 aliphatic carbocycles. The number of anilines is 1. The molecule has 2 heterocycles. The Kier molecular flexibility index (Phi) is 4.77. The average molecular weight is 291 g/mol. The van der Waals surface area contributed by atoms with E-state index in [2.05, 4.69) is 36.2 Å². The molecule has 116 valence electrons. The summed E-state index contributed by atoms with van der Waals surface area (Å²) < 4.78 is 0. The van der Waals surface area contributed by atoms with Crippen molar-refractivity contribution in [3.63, 3.8) is 0 Å². The van der Waals surface area contributed by atoms with Crippen LogP contribution in [0.5, 0.6) is 0 Å². The first-order valence-corrected chi connectivity index (χ1v) is 7.45. The van der Waals surface area contributed by atoms with Gasteiger partial charge in [-0.2, -0.15) is 0 Å². The summed E-state index contributed by atoms with van der Waals surface area (Å²) in [6.45, 7) is 8.07. The lowest BCUT2D eigenvalue weighted by Crippen LogP contribution is -2.30. The van der Waals surface area contributed by atoms with Crippen molar-refractivity contribution in [1.29, 1.82) is 0 Å². The molecule has 1 aliphatic rings. The van der Waals surface area contributed by atoms with Crippen LogP contribution >= 0.6 is 0 Å². The summed E-state index contributed by atoms with van der Waals surface area (Å²) >= 11 is 0. The number of amides is 1. The Hall–Kier alpha value is -1.69. The molecule has 1 aromatic rings. The zero-order valence-electron chi connectivity index (χ0n) is 13.1. The van der Waals surface area contributed by atoms with E-state index >= 15 is 0 Å². The van der Waals surface area contributed by atoms with E-state index in [9.17, 15) is 4.79 Å². The summed E-state index contributed by atoms with van der Waals surface area (Å²) in [6, 6.07) is 0. The maximum absolute atomic E-state index is 12.3. The predicted octanol–water partition coefficient (Wildman–Crippen LogP) is 1.94. The minimum atomic E-state index is 0.213. The fraction of sp³-hybridized carbons (Fsp3) is 0.667. The van der Waals surface area contributed by atoms with Crippen LogP contribution in [0.1, 0.15) is 45.7 Å². The van der Waals surface area contributed by atoms with Gasteiger partial charge in [-0.1, -0.05) is 20.8 Å². The maximum atomic E-state index is 12.3. The van der Waals surface area contributed by atoms with E-state index in [1.54, 1.807) is 12.4 Å². The number of nitrogen functional groups attached to an aromatic ring is 1. The maximum Gasteiger partial charge on any atom is 0.222 e. The van der Waals surface area contributed by atoms with Crippen LogP contribution in [0.25, 0.3) is 0 Å². The number of hydrazine groups is 1. The Bertz CT molecular complexity index is 480. The number of carbonyl (C=O) groups excluding carboxylic acids is 1. The van der Waals surface area contributed by atoms with E-state index in [0.717, 1.165) is 25.1 Å². The van der Waals surface area contributed by atoms with E-state index in [1.807, 2.05) is 4.90 Å². The molecule has 6 heteroatoms. The second-order valence-corrected chi connectivity index (χ2v) is 6.74. The molecule has 0 aromatic carbocycles. The first kappa shape index (κ1) is 15.7. The highest BCUT2D eigenvalue weighted by Crippen LogP contribution is 2.34. The number of nitrogens with one attached hydrogen (secondary N) is 1. The molecule has 0 saturated carbocycles. The Morgan fingerprint density at radius 2 is 2.10 bits per heavy atom. The molecular formula is C15H25N5O. The van der Waals surface area contributed by atoms with Crippen molar-refractivity contribution in [2.75, 3.05) is 12.0 Å². The van der Waals surface area contributed by atoms with Gasteiger partial charge in [0, 0.05) is 13.0 Å². The van der Waals surface area contributed by atoms with Crippen LogP contribution in [0.2, 0.25) is 0 Å². The number of nitrogens with zero attached hydrogens (tertiary/aromatic N) is 3. The molecule has 21 heavy (non-hydrogen) atoms. The number of nitrogens with two attached hydrogens (primary N) is 1. The van der Waals surface area contributed by atoms with Crippen LogP contribution in [0, 0.1) is 11.3 Å². The fourth-order valence-corrected chi connectivity index (χ4v) is 2.78. The summed E-state index contributed by atoms with van der Waals surface area (Å²) in [5, 5.41) is 0. The second-order valence-electron chi connectivity index (χ2n) is 6.74. The van der Waals surface area contributed by atoms with Crippen molar-refractivity contribution in [3.05, 3.63) is 18.1 Å². The molecule has 1 saturated heterocycles. The molecule has 1 aliphatic heterocycles. The third-order valence-electron chi connectivity index (χ3n) is 4.24. The van der Waals surface area contributed by atoms with Gasteiger partial charge >= 0.3 is 0 Å². The highest BCUT2D eigenvalue weighted by atomic mass is 16.2. The molecule has 1 fully saturated rings. The van der Waals surface area contributed by atoms with Gasteiger partial charge in [0.25, 0.3) is 0 Å². The monoisotopic (exact) mass is 291 g/mol. The smallest absolute Gasteiger partial charge is 0.222 e. The van der Waals surface area contributed by atoms with Crippen molar-refractivity contribution in [1.82, 2.24) is 14.9 Å². The normalized spacial score (nSPS) is 20.3. The van der Waals surface area contributed by atoms with Gasteiger partial charge < -0.3 is 10.3 Å². The fourth-order valence-electron chi connectivity index (χ4n) is 2.78. The van der Waals surface area contributed by atoms with Gasteiger partial charge in [-0.25, -0.2) is 10.8 Å². The summed E-state index contributed by atoms with van der Waals surface area (Å²) in [6.07, 6.45) is 5.88. The topological polar surface area (TPSA) is 84.1 Å². The lowest BCUT2D eigenvalue weighted by Gasteiger charge is -2.29. The zero-order valence-corrected chi connectivity index (χ0v) is 13.1. The minimum absolute atomic E-state index is 0.213. The first-order chi connectivity index (χ1) is 9.90. The quantitative estimate of drug-likeness (QED) is 0.656. The number of hydrogen-bond donors (Lipinski definition) is 2. The number of carbonyl (C=O) groups is 1. The third-order valence-corrected chi connectivity index (χ3v) is 4.24.